The van der Waals surface area contributed by atoms with Crippen molar-refractivity contribution in [1.82, 2.24) is 20.1 Å². The Morgan fingerprint density at radius 2 is 1.59 bits per heavy atom. The van der Waals surface area contributed by atoms with Crippen LogP contribution in [0, 0.1) is 23.7 Å². The molecule has 1 aromatic rings. The molecule has 8 N–H and O–H groups in total. The fraction of sp³-hybridized carbons (Fsp3) is 0.774. The molecule has 2 fully saturated rings. The van der Waals surface area contributed by atoms with E-state index in [1.165, 1.54) is 13.3 Å². The van der Waals surface area contributed by atoms with Gasteiger partial charge < -0.3 is 45.3 Å². The molecule has 0 bridgehead atoms. The largest absolute Gasteiger partial charge is 0.465 e. The highest BCUT2D eigenvalue weighted by atomic mass is 31.2. The molecule has 2 aliphatic rings. The molecule has 278 valence electrons. The molecule has 1 aliphatic heterocycles. The SMILES string of the molecule is CCOC(=O)C(NP(=O)(N[C@H](C(=O)OCC)C(C)C)OCC(OC)C(O)C1(O)C(C)C1/C=N\c1c(N)nc(N)nc1N1CCCC1)C(C)C. The van der Waals surface area contributed by atoms with E-state index in [1.807, 2.05) is 4.90 Å². The predicted molar refractivity (Wildman–Crippen MR) is 185 cm³/mol. The van der Waals surface area contributed by atoms with Gasteiger partial charge in [-0.05, 0) is 44.4 Å². The normalized spacial score (nSPS) is 24.5. The number of ether oxygens (including phenoxy) is 3. The standard InChI is InChI=1S/C31H55N8O9P/c1-9-46-28(41)22(17(3)4)37-49(44,38-23(18(5)6)29(42)47-10-2)48-16-21(45-8)25(40)31(43)19(7)20(31)15-34-24-26(32)35-30(33)36-27(24)39-13-11-12-14-39/h15,17-23,25,40,43H,9-14,16H2,1-8H3,(H2,37,38,44)(H4,32,33,35,36)/b34-15-/t19?,20?,21?,22-,23?,25?,31?,49?/m0/s1. The number of nitrogens with two attached hydrogens (primary N) is 2. The Bertz CT molecular complexity index is 1330. The molecule has 49 heavy (non-hydrogen) atoms. The van der Waals surface area contributed by atoms with E-state index >= 15 is 0 Å². The summed E-state index contributed by atoms with van der Waals surface area (Å²) in [5, 5.41) is 28.6. The van der Waals surface area contributed by atoms with E-state index in [4.69, 9.17) is 30.2 Å². The zero-order valence-corrected chi connectivity index (χ0v) is 30.7. The Morgan fingerprint density at radius 3 is 2.06 bits per heavy atom. The number of esters is 2. The Morgan fingerprint density at radius 1 is 1.06 bits per heavy atom. The number of nitrogen functional groups attached to an aromatic ring is 2. The van der Waals surface area contributed by atoms with Gasteiger partial charge in [-0.15, -0.1) is 0 Å². The summed E-state index contributed by atoms with van der Waals surface area (Å²) in [6.07, 6.45) is 0.734. The van der Waals surface area contributed by atoms with Crippen LogP contribution < -0.4 is 26.5 Å². The first-order valence-electron chi connectivity index (χ1n) is 16.8. The summed E-state index contributed by atoms with van der Waals surface area (Å²) >= 11 is 0. The van der Waals surface area contributed by atoms with Crippen molar-refractivity contribution in [1.29, 1.82) is 0 Å². The van der Waals surface area contributed by atoms with Crippen LogP contribution in [0.2, 0.25) is 0 Å². The molecule has 1 aliphatic carbocycles. The Labute approximate surface area is 288 Å². The summed E-state index contributed by atoms with van der Waals surface area (Å²) in [4.78, 5) is 40.6. The number of nitrogens with zero attached hydrogens (tertiary/aromatic N) is 4. The molecule has 0 spiro atoms. The molecule has 1 saturated carbocycles. The highest BCUT2D eigenvalue weighted by Gasteiger charge is 2.66. The highest BCUT2D eigenvalue weighted by molar-refractivity contribution is 7.54. The minimum atomic E-state index is -4.29. The summed E-state index contributed by atoms with van der Waals surface area (Å²) in [6.45, 7) is 13.2. The van der Waals surface area contributed by atoms with Crippen LogP contribution in [-0.4, -0.2) is 108 Å². The van der Waals surface area contributed by atoms with Crippen molar-refractivity contribution in [3.05, 3.63) is 0 Å². The zero-order valence-electron chi connectivity index (χ0n) is 29.8. The van der Waals surface area contributed by atoms with Crippen molar-refractivity contribution in [3.63, 3.8) is 0 Å². The summed E-state index contributed by atoms with van der Waals surface area (Å²) in [5.74, 6) is -2.58. The molecule has 0 amide bonds. The van der Waals surface area contributed by atoms with Gasteiger partial charge in [-0.3, -0.25) is 19.1 Å². The number of hydrogen-bond acceptors (Lipinski definition) is 15. The van der Waals surface area contributed by atoms with Gasteiger partial charge in [0.2, 0.25) is 5.95 Å². The number of rotatable bonds is 19. The van der Waals surface area contributed by atoms with Gasteiger partial charge in [0, 0.05) is 32.3 Å². The molecule has 2 heterocycles. The van der Waals surface area contributed by atoms with E-state index in [2.05, 4.69) is 25.1 Å². The monoisotopic (exact) mass is 714 g/mol. The summed E-state index contributed by atoms with van der Waals surface area (Å²) in [6, 6.07) is -2.16. The Hall–Kier alpha value is -2.92. The van der Waals surface area contributed by atoms with Gasteiger partial charge in [0.15, 0.2) is 11.6 Å². The van der Waals surface area contributed by atoms with Crippen molar-refractivity contribution < 1.29 is 43.1 Å². The molecular weight excluding hydrogens is 659 g/mol. The topological polar surface area (TPSA) is 246 Å². The molecular formula is C31H55N8O9P. The lowest BCUT2D eigenvalue weighted by Gasteiger charge is -2.33. The van der Waals surface area contributed by atoms with Crippen LogP contribution in [0.1, 0.15) is 61.3 Å². The quantitative estimate of drug-likeness (QED) is 0.0679. The summed E-state index contributed by atoms with van der Waals surface area (Å²) in [7, 11) is -2.98. The van der Waals surface area contributed by atoms with Crippen molar-refractivity contribution in [2.75, 3.05) is 56.4 Å². The number of nitrogens with one attached hydrogen (secondary N) is 2. The van der Waals surface area contributed by atoms with E-state index in [0.29, 0.717) is 11.5 Å². The summed E-state index contributed by atoms with van der Waals surface area (Å²) < 4.78 is 36.2. The summed E-state index contributed by atoms with van der Waals surface area (Å²) in [5.41, 5.74) is 10.6. The van der Waals surface area contributed by atoms with Gasteiger partial charge in [-0.1, -0.05) is 34.6 Å². The lowest BCUT2D eigenvalue weighted by Crippen LogP contribution is -2.49. The van der Waals surface area contributed by atoms with Crippen molar-refractivity contribution in [2.24, 2.45) is 28.7 Å². The van der Waals surface area contributed by atoms with Gasteiger partial charge in [-0.25, -0.2) is 10.2 Å². The van der Waals surface area contributed by atoms with Gasteiger partial charge in [0.1, 0.15) is 35.6 Å². The number of methoxy groups -OCH3 is 1. The number of anilines is 3. The van der Waals surface area contributed by atoms with Crippen molar-refractivity contribution in [3.8, 4) is 0 Å². The molecule has 8 atom stereocenters. The predicted octanol–water partition coefficient (Wildman–Crippen LogP) is 1.80. The molecule has 1 aromatic heterocycles. The number of carbonyl (C=O) groups is 2. The van der Waals surface area contributed by atoms with Crippen LogP contribution >= 0.6 is 7.67 Å². The second-order valence-electron chi connectivity index (χ2n) is 13.1. The fourth-order valence-electron chi connectivity index (χ4n) is 5.88. The third kappa shape index (κ3) is 9.66. The third-order valence-electron chi connectivity index (χ3n) is 8.95. The first kappa shape index (κ1) is 40.5. The minimum Gasteiger partial charge on any atom is -0.465 e. The highest BCUT2D eigenvalue weighted by Crippen LogP contribution is 2.53. The molecule has 1 saturated heterocycles. The number of aromatic nitrogens is 2. The maximum absolute atomic E-state index is 14.4. The van der Waals surface area contributed by atoms with Crippen LogP contribution in [0.15, 0.2) is 4.99 Å². The van der Waals surface area contributed by atoms with Gasteiger partial charge in [0.05, 0.1) is 19.8 Å². The van der Waals surface area contributed by atoms with E-state index in [0.717, 1.165) is 25.9 Å². The smallest absolute Gasteiger partial charge is 0.342 e. The minimum absolute atomic E-state index is 0.0261. The van der Waals surface area contributed by atoms with Crippen LogP contribution in [0.5, 0.6) is 0 Å². The molecule has 7 unspecified atom stereocenters. The van der Waals surface area contributed by atoms with E-state index in [-0.39, 0.29) is 36.8 Å². The van der Waals surface area contributed by atoms with Crippen molar-refractivity contribution in [2.45, 2.75) is 91.2 Å². The lowest BCUT2D eigenvalue weighted by atomic mass is 10.0. The lowest BCUT2D eigenvalue weighted by molar-refractivity contribution is -0.146. The van der Waals surface area contributed by atoms with Crippen LogP contribution in [0.3, 0.4) is 0 Å². The first-order chi connectivity index (χ1) is 23.0. The second-order valence-corrected chi connectivity index (χ2v) is 15.0. The van der Waals surface area contributed by atoms with Gasteiger partial charge >= 0.3 is 19.6 Å². The number of hydrogen-bond donors (Lipinski definition) is 6. The molecule has 3 rings (SSSR count). The molecule has 18 heteroatoms. The number of aliphatic hydroxyl groups is 2. The fourth-order valence-corrected chi connectivity index (χ4v) is 8.00. The average Bonchev–Trinajstić information content (AvgIpc) is 3.35. The van der Waals surface area contributed by atoms with Gasteiger partial charge in [-0.2, -0.15) is 9.97 Å². The van der Waals surface area contributed by atoms with Crippen molar-refractivity contribution >= 4 is 49.1 Å². The first-order valence-corrected chi connectivity index (χ1v) is 18.5. The second kappa shape index (κ2) is 17.3. The zero-order chi connectivity index (χ0) is 36.7. The van der Waals surface area contributed by atoms with Gasteiger partial charge in [0.25, 0.3) is 0 Å². The maximum Gasteiger partial charge on any atom is 0.342 e. The van der Waals surface area contributed by atoms with Crippen LogP contribution in [-0.2, 0) is 32.9 Å². The maximum atomic E-state index is 14.4. The van der Waals surface area contributed by atoms with E-state index in [9.17, 15) is 24.4 Å². The molecule has 17 nitrogen and oxygen atoms in total. The average molecular weight is 715 g/mol. The van der Waals surface area contributed by atoms with Crippen LogP contribution in [0.25, 0.3) is 0 Å². The molecule has 0 aromatic carbocycles. The Balaban J connectivity index is 1.85. The van der Waals surface area contributed by atoms with Crippen LogP contribution in [0.4, 0.5) is 23.3 Å². The number of aliphatic imine (C=N–C) groups is 1. The number of aliphatic hydroxyl groups excluding tert-OH is 1. The Kier molecular flexibility index (Phi) is 14.3. The van der Waals surface area contributed by atoms with E-state index < -0.39 is 67.9 Å². The molecule has 0 radical (unpaired) electrons. The number of carbonyl (C=O) groups excluding carboxylic acids is 2. The third-order valence-corrected chi connectivity index (χ3v) is 10.7. The van der Waals surface area contributed by atoms with E-state index in [1.54, 1.807) is 48.5 Å².